The summed E-state index contributed by atoms with van der Waals surface area (Å²) in [5.74, 6) is 0. The van der Waals surface area contributed by atoms with E-state index in [0.29, 0.717) is 11.4 Å². The maximum absolute atomic E-state index is 10.2. The molecule has 0 amide bonds. The standard InChI is InChI=1S/C14H11Br2ClO/c15-11-6-5-10(7-12(11)16)14(18)8-9-3-1-2-4-13(9)17/h1-7,14,18H,8H2. The maximum Gasteiger partial charge on any atom is 0.0831 e. The Balaban J connectivity index is 2.19. The first-order valence-electron chi connectivity index (χ1n) is 5.44. The molecule has 0 saturated carbocycles. The van der Waals surface area contributed by atoms with Crippen LogP contribution in [0.2, 0.25) is 5.02 Å². The summed E-state index contributed by atoms with van der Waals surface area (Å²) in [6, 6.07) is 13.3. The fraction of sp³-hybridized carbons (Fsp3) is 0.143. The molecule has 1 atom stereocenters. The van der Waals surface area contributed by atoms with Gasteiger partial charge in [0.05, 0.1) is 6.10 Å². The molecule has 0 radical (unpaired) electrons. The summed E-state index contributed by atoms with van der Waals surface area (Å²) >= 11 is 12.9. The van der Waals surface area contributed by atoms with E-state index < -0.39 is 6.10 Å². The van der Waals surface area contributed by atoms with E-state index in [2.05, 4.69) is 31.9 Å². The molecule has 0 aliphatic carbocycles. The van der Waals surface area contributed by atoms with Gasteiger partial charge >= 0.3 is 0 Å². The third-order valence-electron chi connectivity index (χ3n) is 2.70. The van der Waals surface area contributed by atoms with Gasteiger partial charge in [-0.15, -0.1) is 0 Å². The molecule has 0 spiro atoms. The zero-order valence-electron chi connectivity index (χ0n) is 9.41. The van der Waals surface area contributed by atoms with Gasteiger partial charge in [0.1, 0.15) is 0 Å². The second-order valence-corrected chi connectivity index (χ2v) is 6.10. The van der Waals surface area contributed by atoms with E-state index in [-0.39, 0.29) is 0 Å². The van der Waals surface area contributed by atoms with Crippen molar-refractivity contribution in [1.29, 1.82) is 0 Å². The molecule has 2 aromatic carbocycles. The van der Waals surface area contributed by atoms with Crippen molar-refractivity contribution in [2.45, 2.75) is 12.5 Å². The van der Waals surface area contributed by atoms with Crippen molar-refractivity contribution in [1.82, 2.24) is 0 Å². The molecule has 1 N–H and O–H groups in total. The van der Waals surface area contributed by atoms with E-state index in [1.54, 1.807) is 0 Å². The van der Waals surface area contributed by atoms with Gasteiger partial charge in [-0.2, -0.15) is 0 Å². The molecule has 4 heteroatoms. The normalized spacial score (nSPS) is 12.4. The van der Waals surface area contributed by atoms with Crippen LogP contribution < -0.4 is 0 Å². The van der Waals surface area contributed by atoms with Gasteiger partial charge in [0.25, 0.3) is 0 Å². The Morgan fingerprint density at radius 3 is 2.44 bits per heavy atom. The lowest BCUT2D eigenvalue weighted by Crippen LogP contribution is -2.02. The molecule has 0 heterocycles. The van der Waals surface area contributed by atoms with Crippen molar-refractivity contribution in [3.8, 4) is 0 Å². The molecular formula is C14H11Br2ClO. The summed E-state index contributed by atoms with van der Waals surface area (Å²) in [5, 5.41) is 10.9. The molecule has 18 heavy (non-hydrogen) atoms. The highest BCUT2D eigenvalue weighted by atomic mass is 79.9. The summed E-state index contributed by atoms with van der Waals surface area (Å²) in [7, 11) is 0. The highest BCUT2D eigenvalue weighted by molar-refractivity contribution is 9.13. The topological polar surface area (TPSA) is 20.2 Å². The number of rotatable bonds is 3. The summed E-state index contributed by atoms with van der Waals surface area (Å²) in [6.45, 7) is 0. The van der Waals surface area contributed by atoms with Crippen molar-refractivity contribution >= 4 is 43.5 Å². The van der Waals surface area contributed by atoms with Gasteiger partial charge in [-0.25, -0.2) is 0 Å². The molecule has 0 aliphatic heterocycles. The minimum absolute atomic E-state index is 0.508. The molecule has 2 rings (SSSR count). The van der Waals surface area contributed by atoms with Crippen molar-refractivity contribution in [2.75, 3.05) is 0 Å². The highest BCUT2D eigenvalue weighted by Gasteiger charge is 2.11. The number of halogens is 3. The molecule has 2 aromatic rings. The lowest BCUT2D eigenvalue weighted by molar-refractivity contribution is 0.178. The Kier molecular flexibility index (Phi) is 4.84. The second kappa shape index (κ2) is 6.20. The smallest absolute Gasteiger partial charge is 0.0831 e. The second-order valence-electron chi connectivity index (χ2n) is 3.98. The SMILES string of the molecule is OC(Cc1ccccc1Cl)c1ccc(Br)c(Br)c1. The average molecular weight is 391 g/mol. The van der Waals surface area contributed by atoms with Crippen LogP contribution in [0.25, 0.3) is 0 Å². The van der Waals surface area contributed by atoms with Crippen LogP contribution in [0, 0.1) is 0 Å². The van der Waals surface area contributed by atoms with Crippen LogP contribution in [0.3, 0.4) is 0 Å². The van der Waals surface area contributed by atoms with Crippen LogP contribution in [0.4, 0.5) is 0 Å². The predicted molar refractivity (Wildman–Crippen MR) is 82.0 cm³/mol. The molecule has 0 aliphatic rings. The van der Waals surface area contributed by atoms with Crippen molar-refractivity contribution in [2.24, 2.45) is 0 Å². The van der Waals surface area contributed by atoms with Gasteiger partial charge in [-0.3, -0.25) is 0 Å². The summed E-state index contributed by atoms with van der Waals surface area (Å²) in [6.07, 6.45) is -0.0531. The lowest BCUT2D eigenvalue weighted by atomic mass is 10.0. The number of benzene rings is 2. The first-order valence-corrected chi connectivity index (χ1v) is 7.40. The van der Waals surface area contributed by atoms with E-state index in [4.69, 9.17) is 11.6 Å². The first-order chi connectivity index (χ1) is 8.58. The minimum Gasteiger partial charge on any atom is -0.388 e. The Labute approximate surface area is 128 Å². The van der Waals surface area contributed by atoms with E-state index in [1.165, 1.54) is 0 Å². The maximum atomic E-state index is 10.2. The molecule has 1 unspecified atom stereocenters. The van der Waals surface area contributed by atoms with Crippen molar-refractivity contribution in [3.05, 3.63) is 67.6 Å². The van der Waals surface area contributed by atoms with Crippen LogP contribution >= 0.6 is 43.5 Å². The van der Waals surface area contributed by atoms with Crippen LogP contribution in [-0.4, -0.2) is 5.11 Å². The summed E-state index contributed by atoms with van der Waals surface area (Å²) in [5.41, 5.74) is 1.82. The Hall–Kier alpha value is -0.350. The molecule has 1 nitrogen and oxygen atoms in total. The molecule has 0 aromatic heterocycles. The van der Waals surface area contributed by atoms with Crippen LogP contribution in [0.1, 0.15) is 17.2 Å². The van der Waals surface area contributed by atoms with E-state index >= 15 is 0 Å². The van der Waals surface area contributed by atoms with E-state index in [9.17, 15) is 5.11 Å². The number of aliphatic hydroxyl groups excluding tert-OH is 1. The lowest BCUT2D eigenvalue weighted by Gasteiger charge is -2.13. The Bertz CT molecular complexity index is 557. The van der Waals surface area contributed by atoms with Crippen LogP contribution in [0.5, 0.6) is 0 Å². The van der Waals surface area contributed by atoms with Crippen LogP contribution in [-0.2, 0) is 6.42 Å². The average Bonchev–Trinajstić information content (AvgIpc) is 2.35. The van der Waals surface area contributed by atoms with Crippen molar-refractivity contribution < 1.29 is 5.11 Å². The summed E-state index contributed by atoms with van der Waals surface area (Å²) < 4.78 is 1.90. The minimum atomic E-state index is -0.561. The highest BCUT2D eigenvalue weighted by Crippen LogP contribution is 2.29. The van der Waals surface area contributed by atoms with E-state index in [0.717, 1.165) is 20.1 Å². The quantitative estimate of drug-likeness (QED) is 0.769. The Morgan fingerprint density at radius 2 is 1.78 bits per heavy atom. The van der Waals surface area contributed by atoms with Crippen molar-refractivity contribution in [3.63, 3.8) is 0 Å². The van der Waals surface area contributed by atoms with Gasteiger partial charge in [0.2, 0.25) is 0 Å². The van der Waals surface area contributed by atoms with Crippen LogP contribution in [0.15, 0.2) is 51.4 Å². The molecule has 94 valence electrons. The number of hydrogen-bond donors (Lipinski definition) is 1. The number of aliphatic hydroxyl groups is 1. The molecular weight excluding hydrogens is 379 g/mol. The van der Waals surface area contributed by atoms with Gasteiger partial charge in [-0.05, 0) is 61.2 Å². The zero-order chi connectivity index (χ0) is 13.1. The summed E-state index contributed by atoms with van der Waals surface area (Å²) in [4.78, 5) is 0. The largest absolute Gasteiger partial charge is 0.388 e. The monoisotopic (exact) mass is 388 g/mol. The molecule has 0 fully saturated rings. The predicted octanol–water partition coefficient (Wildman–Crippen LogP) is 5.14. The fourth-order valence-electron chi connectivity index (χ4n) is 1.71. The van der Waals surface area contributed by atoms with Gasteiger partial charge in [-0.1, -0.05) is 35.9 Å². The van der Waals surface area contributed by atoms with Gasteiger partial charge in [0.15, 0.2) is 0 Å². The van der Waals surface area contributed by atoms with E-state index in [1.807, 2.05) is 42.5 Å². The first kappa shape index (κ1) is 14.1. The molecule has 0 saturated heterocycles. The Morgan fingerprint density at radius 1 is 1.06 bits per heavy atom. The third kappa shape index (κ3) is 3.35. The van der Waals surface area contributed by atoms with Gasteiger partial charge in [0, 0.05) is 20.4 Å². The zero-order valence-corrected chi connectivity index (χ0v) is 13.3. The third-order valence-corrected chi connectivity index (χ3v) is 4.95. The number of hydrogen-bond acceptors (Lipinski definition) is 1. The van der Waals surface area contributed by atoms with Gasteiger partial charge < -0.3 is 5.11 Å². The fourth-order valence-corrected chi connectivity index (χ4v) is 2.57. The molecule has 0 bridgehead atoms.